The summed E-state index contributed by atoms with van der Waals surface area (Å²) in [6, 6.07) is 8.98. The number of aromatic hydroxyl groups is 1. The summed E-state index contributed by atoms with van der Waals surface area (Å²) in [5.74, 6) is 0.00878. The zero-order chi connectivity index (χ0) is 15.4. The van der Waals surface area contributed by atoms with Crippen molar-refractivity contribution in [2.75, 3.05) is 19.0 Å². The monoisotopic (exact) mass is 291 g/mol. The van der Waals surface area contributed by atoms with Gasteiger partial charge < -0.3 is 20.3 Å². The van der Waals surface area contributed by atoms with Crippen molar-refractivity contribution >= 4 is 5.69 Å². The highest BCUT2D eigenvalue weighted by Crippen LogP contribution is 2.30. The predicted octanol–water partition coefficient (Wildman–Crippen LogP) is 2.99. The minimum atomic E-state index is -0.456. The van der Waals surface area contributed by atoms with Gasteiger partial charge in [-0.25, -0.2) is 4.39 Å². The minimum absolute atomic E-state index is 0.00864. The number of phenols is 1. The van der Waals surface area contributed by atoms with E-state index in [-0.39, 0.29) is 18.2 Å². The van der Waals surface area contributed by atoms with Crippen molar-refractivity contribution in [3.63, 3.8) is 0 Å². The number of methoxy groups -OCH3 is 1. The van der Waals surface area contributed by atoms with Gasteiger partial charge in [0.25, 0.3) is 0 Å². The Hall–Kier alpha value is -2.27. The van der Waals surface area contributed by atoms with Crippen molar-refractivity contribution in [1.29, 1.82) is 0 Å². The SMILES string of the molecule is COc1ccc(C(CO)Nc2cc(C)cc(F)c2)cc1O. The molecule has 0 saturated heterocycles. The number of ether oxygens (including phenoxy) is 1. The highest BCUT2D eigenvalue weighted by Gasteiger charge is 2.13. The molecule has 0 radical (unpaired) electrons. The summed E-state index contributed by atoms with van der Waals surface area (Å²) in [6.07, 6.45) is 0. The van der Waals surface area contributed by atoms with E-state index >= 15 is 0 Å². The second-order valence-corrected chi connectivity index (χ2v) is 4.83. The molecule has 3 N–H and O–H groups in total. The van der Waals surface area contributed by atoms with Crippen LogP contribution in [0.1, 0.15) is 17.2 Å². The Labute approximate surface area is 122 Å². The van der Waals surface area contributed by atoms with E-state index in [9.17, 15) is 14.6 Å². The number of halogens is 1. The van der Waals surface area contributed by atoms with E-state index in [0.29, 0.717) is 17.0 Å². The topological polar surface area (TPSA) is 61.7 Å². The van der Waals surface area contributed by atoms with E-state index in [1.807, 2.05) is 0 Å². The lowest BCUT2D eigenvalue weighted by Crippen LogP contribution is -2.15. The summed E-state index contributed by atoms with van der Waals surface area (Å²) in [7, 11) is 1.46. The highest BCUT2D eigenvalue weighted by molar-refractivity contribution is 5.50. The summed E-state index contributed by atoms with van der Waals surface area (Å²) < 4.78 is 18.4. The van der Waals surface area contributed by atoms with E-state index in [2.05, 4.69) is 5.32 Å². The van der Waals surface area contributed by atoms with Crippen molar-refractivity contribution in [2.24, 2.45) is 0 Å². The molecule has 2 aromatic carbocycles. The number of benzene rings is 2. The van der Waals surface area contributed by atoms with Crippen LogP contribution in [0, 0.1) is 12.7 Å². The Morgan fingerprint density at radius 1 is 1.24 bits per heavy atom. The molecular formula is C16H18FNO3. The molecule has 21 heavy (non-hydrogen) atoms. The summed E-state index contributed by atoms with van der Waals surface area (Å²) in [6.45, 7) is 1.60. The average Bonchev–Trinajstić information content (AvgIpc) is 2.43. The normalized spacial score (nSPS) is 12.0. The van der Waals surface area contributed by atoms with Crippen molar-refractivity contribution in [2.45, 2.75) is 13.0 Å². The van der Waals surface area contributed by atoms with Crippen LogP contribution >= 0.6 is 0 Å². The van der Waals surface area contributed by atoms with Crippen LogP contribution in [0.3, 0.4) is 0 Å². The fourth-order valence-electron chi connectivity index (χ4n) is 2.18. The van der Waals surface area contributed by atoms with Crippen LogP contribution in [0.2, 0.25) is 0 Å². The minimum Gasteiger partial charge on any atom is -0.504 e. The maximum atomic E-state index is 13.4. The van der Waals surface area contributed by atoms with Crippen LogP contribution in [0.25, 0.3) is 0 Å². The zero-order valence-corrected chi connectivity index (χ0v) is 11.9. The predicted molar refractivity (Wildman–Crippen MR) is 79.2 cm³/mol. The number of anilines is 1. The fourth-order valence-corrected chi connectivity index (χ4v) is 2.18. The highest BCUT2D eigenvalue weighted by atomic mass is 19.1. The summed E-state index contributed by atoms with van der Waals surface area (Å²) in [5.41, 5.74) is 2.03. The number of nitrogens with one attached hydrogen (secondary N) is 1. The molecule has 0 aliphatic heterocycles. The van der Waals surface area contributed by atoms with Gasteiger partial charge in [-0.15, -0.1) is 0 Å². The lowest BCUT2D eigenvalue weighted by Gasteiger charge is -2.19. The Balaban J connectivity index is 2.25. The zero-order valence-electron chi connectivity index (χ0n) is 11.9. The van der Waals surface area contributed by atoms with Gasteiger partial charge in [0.1, 0.15) is 5.82 Å². The number of aliphatic hydroxyl groups is 1. The van der Waals surface area contributed by atoms with E-state index in [1.165, 1.54) is 25.3 Å². The molecule has 1 unspecified atom stereocenters. The molecule has 112 valence electrons. The van der Waals surface area contributed by atoms with Gasteiger partial charge in [0.05, 0.1) is 19.8 Å². The second-order valence-electron chi connectivity index (χ2n) is 4.83. The maximum absolute atomic E-state index is 13.4. The van der Waals surface area contributed by atoms with Crippen LogP contribution in [0.15, 0.2) is 36.4 Å². The van der Waals surface area contributed by atoms with Crippen molar-refractivity contribution in [1.82, 2.24) is 0 Å². The molecule has 0 saturated carbocycles. The van der Waals surface area contributed by atoms with E-state index in [4.69, 9.17) is 4.74 Å². The van der Waals surface area contributed by atoms with Gasteiger partial charge in [0.2, 0.25) is 0 Å². The quantitative estimate of drug-likeness (QED) is 0.792. The molecule has 1 atom stereocenters. The van der Waals surface area contributed by atoms with Gasteiger partial charge in [-0.1, -0.05) is 6.07 Å². The number of rotatable bonds is 5. The number of phenolic OH excluding ortho intramolecular Hbond substituents is 1. The number of hydrogen-bond donors (Lipinski definition) is 3. The first-order chi connectivity index (χ1) is 10.0. The lowest BCUT2D eigenvalue weighted by atomic mass is 10.1. The van der Waals surface area contributed by atoms with Gasteiger partial charge in [0, 0.05) is 5.69 Å². The molecule has 0 heterocycles. The van der Waals surface area contributed by atoms with E-state index in [1.54, 1.807) is 25.1 Å². The molecule has 0 aromatic heterocycles. The molecule has 0 bridgehead atoms. The average molecular weight is 291 g/mol. The van der Waals surface area contributed by atoms with Crippen molar-refractivity contribution < 1.29 is 19.3 Å². The first-order valence-corrected chi connectivity index (χ1v) is 6.55. The van der Waals surface area contributed by atoms with Crippen LogP contribution in [-0.4, -0.2) is 23.9 Å². The number of hydrogen-bond acceptors (Lipinski definition) is 4. The molecule has 0 fully saturated rings. The van der Waals surface area contributed by atoms with Crippen LogP contribution in [0.4, 0.5) is 10.1 Å². The molecular weight excluding hydrogens is 273 g/mol. The Kier molecular flexibility index (Phi) is 4.65. The van der Waals surface area contributed by atoms with E-state index in [0.717, 1.165) is 5.56 Å². The molecule has 0 amide bonds. The van der Waals surface area contributed by atoms with Crippen molar-refractivity contribution in [3.8, 4) is 11.5 Å². The van der Waals surface area contributed by atoms with Crippen LogP contribution < -0.4 is 10.1 Å². The summed E-state index contributed by atoms with van der Waals surface area (Å²) in [4.78, 5) is 0. The summed E-state index contributed by atoms with van der Waals surface area (Å²) >= 11 is 0. The molecule has 0 aliphatic carbocycles. The Bertz CT molecular complexity index is 611. The Morgan fingerprint density at radius 3 is 2.57 bits per heavy atom. The van der Waals surface area contributed by atoms with Gasteiger partial charge in [-0.2, -0.15) is 0 Å². The third-order valence-electron chi connectivity index (χ3n) is 3.17. The third-order valence-corrected chi connectivity index (χ3v) is 3.17. The maximum Gasteiger partial charge on any atom is 0.160 e. The first-order valence-electron chi connectivity index (χ1n) is 6.55. The second kappa shape index (κ2) is 6.45. The Morgan fingerprint density at radius 2 is 2.00 bits per heavy atom. The van der Waals surface area contributed by atoms with Crippen LogP contribution in [0.5, 0.6) is 11.5 Å². The van der Waals surface area contributed by atoms with Crippen LogP contribution in [-0.2, 0) is 0 Å². The van der Waals surface area contributed by atoms with Gasteiger partial charge >= 0.3 is 0 Å². The summed E-state index contributed by atoms with van der Waals surface area (Å²) in [5, 5.41) is 22.4. The smallest absolute Gasteiger partial charge is 0.160 e. The largest absolute Gasteiger partial charge is 0.504 e. The van der Waals surface area contributed by atoms with Gasteiger partial charge in [-0.3, -0.25) is 0 Å². The molecule has 0 spiro atoms. The van der Waals surface area contributed by atoms with Gasteiger partial charge in [0.15, 0.2) is 11.5 Å². The first kappa shape index (κ1) is 15.1. The van der Waals surface area contributed by atoms with E-state index < -0.39 is 6.04 Å². The van der Waals surface area contributed by atoms with Crippen molar-refractivity contribution in [3.05, 3.63) is 53.3 Å². The fraction of sp³-hybridized carbons (Fsp3) is 0.250. The molecule has 2 rings (SSSR count). The molecule has 2 aromatic rings. The molecule has 5 heteroatoms. The molecule has 0 aliphatic rings. The third kappa shape index (κ3) is 3.64. The standard InChI is InChI=1S/C16H18FNO3/c1-10-5-12(17)8-13(6-10)18-14(9-19)11-3-4-16(21-2)15(20)7-11/h3-8,14,18-20H,9H2,1-2H3. The van der Waals surface area contributed by atoms with Gasteiger partial charge in [-0.05, 0) is 48.4 Å². The number of aliphatic hydroxyl groups excluding tert-OH is 1. The molecule has 4 nitrogen and oxygen atoms in total. The number of aryl methyl sites for hydroxylation is 1. The lowest BCUT2D eigenvalue weighted by molar-refractivity contribution is 0.276.